The summed E-state index contributed by atoms with van der Waals surface area (Å²) >= 11 is 1.70. The van der Waals surface area contributed by atoms with E-state index in [-0.39, 0.29) is 0 Å². The summed E-state index contributed by atoms with van der Waals surface area (Å²) in [6, 6.07) is 7.90. The highest BCUT2D eigenvalue weighted by atomic mass is 32.2. The molecule has 6 heteroatoms. The molecule has 108 valence electrons. The Morgan fingerprint density at radius 3 is 2.60 bits per heavy atom. The number of aryl methyl sites for hydroxylation is 1. The van der Waals surface area contributed by atoms with Gasteiger partial charge in [-0.1, -0.05) is 23.9 Å². The van der Waals surface area contributed by atoms with Gasteiger partial charge in [0.1, 0.15) is 11.6 Å². The van der Waals surface area contributed by atoms with Crippen LogP contribution in [0.15, 0.2) is 29.4 Å². The molecule has 1 heterocycles. The Morgan fingerprint density at radius 2 is 2.00 bits per heavy atom. The molecule has 0 unspecified atom stereocenters. The first-order valence-electron chi connectivity index (χ1n) is 6.61. The monoisotopic (exact) mass is 292 g/mol. The van der Waals surface area contributed by atoms with Crippen molar-refractivity contribution < 1.29 is 4.74 Å². The number of benzene rings is 1. The topological polar surface area (TPSA) is 66.0 Å². The lowest BCUT2D eigenvalue weighted by Crippen LogP contribution is -2.01. The van der Waals surface area contributed by atoms with Crippen LogP contribution in [0.5, 0.6) is 5.75 Å². The molecule has 2 rings (SSSR count). The van der Waals surface area contributed by atoms with Gasteiger partial charge >= 0.3 is 0 Å². The molecule has 0 saturated carbocycles. The van der Waals surface area contributed by atoms with Crippen LogP contribution in [0.1, 0.15) is 17.8 Å². The maximum Gasteiger partial charge on any atom is 0.190 e. The van der Waals surface area contributed by atoms with Gasteiger partial charge < -0.3 is 15.0 Å². The smallest absolute Gasteiger partial charge is 0.190 e. The molecule has 0 aliphatic rings. The zero-order valence-electron chi connectivity index (χ0n) is 11.9. The van der Waals surface area contributed by atoms with Gasteiger partial charge in [0, 0.05) is 19.3 Å². The number of thioether (sulfide) groups is 1. The van der Waals surface area contributed by atoms with Crippen LogP contribution in [-0.2, 0) is 13.6 Å². The second-order valence-corrected chi connectivity index (χ2v) is 5.55. The first-order valence-corrected chi connectivity index (χ1v) is 7.60. The van der Waals surface area contributed by atoms with Gasteiger partial charge in [0.15, 0.2) is 5.16 Å². The molecular formula is C14H20N4OS. The lowest BCUT2D eigenvalue weighted by molar-refractivity contribution is 0.318. The van der Waals surface area contributed by atoms with Gasteiger partial charge in [-0.25, -0.2) is 0 Å². The van der Waals surface area contributed by atoms with Crippen LogP contribution < -0.4 is 10.5 Å². The third kappa shape index (κ3) is 3.98. The fourth-order valence-electron chi connectivity index (χ4n) is 1.65. The molecule has 5 nitrogen and oxygen atoms in total. The van der Waals surface area contributed by atoms with Crippen LogP contribution in [0.2, 0.25) is 0 Å². The first kappa shape index (κ1) is 14.9. The molecule has 0 atom stereocenters. The van der Waals surface area contributed by atoms with Crippen molar-refractivity contribution in [3.8, 4) is 5.75 Å². The minimum atomic E-state index is 0.564. The number of hydrogen-bond donors (Lipinski definition) is 1. The highest BCUT2D eigenvalue weighted by Gasteiger charge is 2.04. The van der Waals surface area contributed by atoms with Crippen molar-refractivity contribution in [2.24, 2.45) is 12.8 Å². The Morgan fingerprint density at radius 1 is 1.25 bits per heavy atom. The minimum absolute atomic E-state index is 0.564. The summed E-state index contributed by atoms with van der Waals surface area (Å²) < 4.78 is 7.68. The van der Waals surface area contributed by atoms with Gasteiger partial charge in [-0.05, 0) is 31.0 Å². The molecule has 2 N–H and O–H groups in total. The van der Waals surface area contributed by atoms with E-state index in [1.54, 1.807) is 11.8 Å². The lowest BCUT2D eigenvalue weighted by Gasteiger charge is -2.06. The van der Waals surface area contributed by atoms with E-state index in [9.17, 15) is 0 Å². The Labute approximate surface area is 123 Å². The second-order valence-electron chi connectivity index (χ2n) is 4.49. The zero-order valence-corrected chi connectivity index (χ0v) is 12.7. The van der Waals surface area contributed by atoms with Crippen molar-refractivity contribution in [1.29, 1.82) is 0 Å². The van der Waals surface area contributed by atoms with E-state index in [1.165, 1.54) is 0 Å². The van der Waals surface area contributed by atoms with E-state index in [0.717, 1.165) is 34.5 Å². The molecule has 0 saturated heterocycles. The van der Waals surface area contributed by atoms with Crippen LogP contribution in [0.4, 0.5) is 0 Å². The van der Waals surface area contributed by atoms with Crippen LogP contribution in [0.25, 0.3) is 0 Å². The van der Waals surface area contributed by atoms with Crippen molar-refractivity contribution in [3.05, 3.63) is 35.7 Å². The third-order valence-corrected chi connectivity index (χ3v) is 4.11. The van der Waals surface area contributed by atoms with E-state index in [1.807, 2.05) is 42.8 Å². The van der Waals surface area contributed by atoms with Gasteiger partial charge in [0.25, 0.3) is 0 Å². The number of nitrogens with two attached hydrogens (primary N) is 1. The van der Waals surface area contributed by atoms with Crippen molar-refractivity contribution in [2.45, 2.75) is 25.0 Å². The SMILES string of the molecule is Cc1nnc(SCCCOc2ccc(CN)cc2)n1C. The Kier molecular flexibility index (Phi) is 5.43. The molecule has 0 amide bonds. The van der Waals surface area contributed by atoms with Crippen LogP contribution in [0, 0.1) is 6.92 Å². The van der Waals surface area contributed by atoms with Crippen molar-refractivity contribution >= 4 is 11.8 Å². The maximum absolute atomic E-state index is 5.68. The molecule has 0 spiro atoms. The molecule has 2 aromatic rings. The predicted molar refractivity (Wildman–Crippen MR) is 80.9 cm³/mol. The minimum Gasteiger partial charge on any atom is -0.494 e. The van der Waals surface area contributed by atoms with Crippen molar-refractivity contribution in [1.82, 2.24) is 14.8 Å². The number of nitrogens with zero attached hydrogens (tertiary/aromatic N) is 3. The van der Waals surface area contributed by atoms with E-state index in [4.69, 9.17) is 10.5 Å². The molecule has 1 aromatic carbocycles. The Hall–Kier alpha value is -1.53. The molecule has 0 aliphatic carbocycles. The molecule has 1 aromatic heterocycles. The molecule has 0 fully saturated rings. The van der Waals surface area contributed by atoms with Gasteiger partial charge in [0.2, 0.25) is 0 Å². The number of ether oxygens (including phenoxy) is 1. The molecule has 0 radical (unpaired) electrons. The summed E-state index contributed by atoms with van der Waals surface area (Å²) in [6.07, 6.45) is 0.967. The summed E-state index contributed by atoms with van der Waals surface area (Å²) in [4.78, 5) is 0. The summed E-state index contributed by atoms with van der Waals surface area (Å²) in [6.45, 7) is 3.21. The van der Waals surface area contributed by atoms with E-state index in [2.05, 4.69) is 10.2 Å². The standard InChI is InChI=1S/C14H20N4OS/c1-11-16-17-14(18(11)2)20-9-3-8-19-13-6-4-12(10-15)5-7-13/h4-7H,3,8-10,15H2,1-2H3. The highest BCUT2D eigenvalue weighted by molar-refractivity contribution is 7.99. The summed E-state index contributed by atoms with van der Waals surface area (Å²) in [5, 5.41) is 9.10. The largest absolute Gasteiger partial charge is 0.494 e. The molecule has 20 heavy (non-hydrogen) atoms. The average molecular weight is 292 g/mol. The van der Waals surface area contributed by atoms with E-state index in [0.29, 0.717) is 13.2 Å². The quantitative estimate of drug-likeness (QED) is 0.625. The fraction of sp³-hybridized carbons (Fsp3) is 0.429. The van der Waals surface area contributed by atoms with Crippen molar-refractivity contribution in [2.75, 3.05) is 12.4 Å². The summed E-state index contributed by atoms with van der Waals surface area (Å²) in [5.74, 6) is 2.79. The lowest BCUT2D eigenvalue weighted by atomic mass is 10.2. The Balaban J connectivity index is 1.67. The highest BCUT2D eigenvalue weighted by Crippen LogP contribution is 2.17. The first-order chi connectivity index (χ1) is 9.70. The van der Waals surface area contributed by atoms with Crippen LogP contribution in [-0.4, -0.2) is 27.1 Å². The van der Waals surface area contributed by atoms with Gasteiger partial charge in [-0.3, -0.25) is 0 Å². The molecule has 0 bridgehead atoms. The van der Waals surface area contributed by atoms with Gasteiger partial charge in [-0.15, -0.1) is 10.2 Å². The zero-order chi connectivity index (χ0) is 14.4. The summed E-state index contributed by atoms with van der Waals surface area (Å²) in [7, 11) is 1.98. The number of rotatable bonds is 7. The van der Waals surface area contributed by atoms with Crippen LogP contribution in [0.3, 0.4) is 0 Å². The molecule has 0 aliphatic heterocycles. The fourth-order valence-corrected chi connectivity index (χ4v) is 2.52. The van der Waals surface area contributed by atoms with Crippen LogP contribution >= 0.6 is 11.8 Å². The molecular weight excluding hydrogens is 272 g/mol. The van der Waals surface area contributed by atoms with Gasteiger partial charge in [0.05, 0.1) is 6.61 Å². The normalized spacial score (nSPS) is 10.8. The summed E-state index contributed by atoms with van der Waals surface area (Å²) in [5.41, 5.74) is 6.67. The van der Waals surface area contributed by atoms with E-state index >= 15 is 0 Å². The van der Waals surface area contributed by atoms with Gasteiger partial charge in [-0.2, -0.15) is 0 Å². The number of hydrogen-bond acceptors (Lipinski definition) is 5. The Bertz CT molecular complexity index is 539. The predicted octanol–water partition coefficient (Wildman–Crippen LogP) is 2.14. The maximum atomic E-state index is 5.68. The number of aromatic nitrogens is 3. The third-order valence-electron chi connectivity index (χ3n) is 3.00. The van der Waals surface area contributed by atoms with Crippen molar-refractivity contribution in [3.63, 3.8) is 0 Å². The second kappa shape index (κ2) is 7.31. The average Bonchev–Trinajstić information content (AvgIpc) is 2.79. The van der Waals surface area contributed by atoms with E-state index < -0.39 is 0 Å².